The summed E-state index contributed by atoms with van der Waals surface area (Å²) >= 11 is 5.93. The molecular formula is C20H21ClN4O7S. The molecule has 0 aliphatic rings. The van der Waals surface area contributed by atoms with Crippen LogP contribution in [0.2, 0.25) is 5.02 Å². The van der Waals surface area contributed by atoms with Crippen LogP contribution in [0.4, 0.5) is 21.0 Å². The summed E-state index contributed by atoms with van der Waals surface area (Å²) in [6.45, 7) is 1.63. The fraction of sp³-hybridized carbons (Fsp3) is 0.200. The molecule has 11 nitrogen and oxygen atoms in total. The number of nitrogens with one attached hydrogen (secondary N) is 3. The highest BCUT2D eigenvalue weighted by atomic mass is 35.5. The number of alkyl carbamates (subject to hydrolysis) is 1. The highest BCUT2D eigenvalue weighted by molar-refractivity contribution is 7.91. The van der Waals surface area contributed by atoms with Crippen molar-refractivity contribution in [1.82, 2.24) is 5.32 Å². The van der Waals surface area contributed by atoms with Crippen molar-refractivity contribution in [3.8, 4) is 0 Å². The third-order valence-electron chi connectivity index (χ3n) is 4.04. The van der Waals surface area contributed by atoms with Gasteiger partial charge in [-0.1, -0.05) is 24.6 Å². The minimum Gasteiger partial charge on any atom is -0.453 e. The normalized spacial score (nSPS) is 11.3. The average molecular weight is 497 g/mol. The summed E-state index contributed by atoms with van der Waals surface area (Å²) in [7, 11) is -1.84. The number of aliphatic imine (C=N–C) groups is 1. The van der Waals surface area contributed by atoms with Crippen LogP contribution in [0.3, 0.4) is 0 Å². The lowest BCUT2D eigenvalue weighted by Crippen LogP contribution is -2.36. The molecule has 0 radical (unpaired) electrons. The number of ether oxygens (including phenoxy) is 2. The van der Waals surface area contributed by atoms with Crippen molar-refractivity contribution in [2.24, 2.45) is 4.99 Å². The summed E-state index contributed by atoms with van der Waals surface area (Å²) in [6.07, 6.45) is -1.88. The summed E-state index contributed by atoms with van der Waals surface area (Å²) in [4.78, 5) is 38.5. The molecular weight excluding hydrogens is 476 g/mol. The van der Waals surface area contributed by atoms with Gasteiger partial charge >= 0.3 is 12.2 Å². The van der Waals surface area contributed by atoms with Gasteiger partial charge in [0.1, 0.15) is 0 Å². The molecule has 2 rings (SSSR count). The molecule has 33 heavy (non-hydrogen) atoms. The molecule has 3 amide bonds. The first-order valence-corrected chi connectivity index (χ1v) is 11.2. The predicted molar refractivity (Wildman–Crippen MR) is 121 cm³/mol. The summed E-state index contributed by atoms with van der Waals surface area (Å²) in [5.41, 5.74) is 0.176. The quantitative estimate of drug-likeness (QED) is 0.420. The summed E-state index contributed by atoms with van der Waals surface area (Å²) in [5, 5.41) is 7.61. The summed E-state index contributed by atoms with van der Waals surface area (Å²) in [5.74, 6) is -0.797. The van der Waals surface area contributed by atoms with E-state index in [9.17, 15) is 22.8 Å². The Bertz CT molecular complexity index is 1200. The molecule has 0 unspecified atom stereocenters. The molecule has 0 fully saturated rings. The van der Waals surface area contributed by atoms with Crippen LogP contribution in [0.5, 0.6) is 0 Å². The number of halogens is 1. The van der Waals surface area contributed by atoms with Crippen molar-refractivity contribution in [3.63, 3.8) is 0 Å². The van der Waals surface area contributed by atoms with Crippen molar-refractivity contribution < 1.29 is 32.3 Å². The first kappa shape index (κ1) is 25.6. The minimum absolute atomic E-state index is 0.0129. The molecule has 0 bridgehead atoms. The maximum Gasteiger partial charge on any atom is 0.436 e. The van der Waals surface area contributed by atoms with Crippen molar-refractivity contribution >= 4 is 56.9 Å². The van der Waals surface area contributed by atoms with E-state index in [1.54, 1.807) is 6.92 Å². The van der Waals surface area contributed by atoms with E-state index in [2.05, 4.69) is 30.4 Å². The van der Waals surface area contributed by atoms with E-state index in [-0.39, 0.29) is 38.5 Å². The third kappa shape index (κ3) is 6.92. The average Bonchev–Trinajstić information content (AvgIpc) is 2.79. The highest BCUT2D eigenvalue weighted by Gasteiger charge is 2.21. The number of guanidine groups is 1. The lowest BCUT2D eigenvalue weighted by atomic mass is 10.2. The van der Waals surface area contributed by atoms with E-state index in [0.717, 1.165) is 14.2 Å². The van der Waals surface area contributed by atoms with Gasteiger partial charge in [-0.25, -0.2) is 18.0 Å². The maximum absolute atomic E-state index is 13.1. The number of sulfone groups is 1. The Kier molecular flexibility index (Phi) is 8.77. The van der Waals surface area contributed by atoms with Crippen molar-refractivity contribution in [3.05, 3.63) is 47.5 Å². The van der Waals surface area contributed by atoms with Gasteiger partial charge < -0.3 is 20.1 Å². The van der Waals surface area contributed by atoms with Crippen LogP contribution in [0.25, 0.3) is 0 Å². The largest absolute Gasteiger partial charge is 0.453 e. The number of amides is 3. The molecule has 13 heteroatoms. The second kappa shape index (κ2) is 11.3. The van der Waals surface area contributed by atoms with Crippen molar-refractivity contribution in [2.45, 2.75) is 23.1 Å². The molecule has 0 spiro atoms. The van der Waals surface area contributed by atoms with E-state index < -0.39 is 28.0 Å². The number of nitrogens with zero attached hydrogens (tertiary/aromatic N) is 1. The smallest absolute Gasteiger partial charge is 0.436 e. The van der Waals surface area contributed by atoms with Crippen LogP contribution in [-0.2, 0) is 24.1 Å². The number of rotatable bonds is 5. The Balaban J connectivity index is 2.58. The Labute approximate surface area is 195 Å². The van der Waals surface area contributed by atoms with E-state index in [0.29, 0.717) is 0 Å². The number of methoxy groups -OCH3 is 2. The first-order valence-electron chi connectivity index (χ1n) is 9.33. The number of hydrogen-bond donors (Lipinski definition) is 3. The second-order valence-corrected chi connectivity index (χ2v) is 8.63. The van der Waals surface area contributed by atoms with Gasteiger partial charge in [-0.2, -0.15) is 0 Å². The zero-order valence-electron chi connectivity index (χ0n) is 17.8. The number of carbonyl (C=O) groups is 3. The van der Waals surface area contributed by atoms with Crippen molar-refractivity contribution in [2.75, 3.05) is 24.9 Å². The standard InChI is InChI=1S/C20H21ClN4O7S/c1-4-17(26)22-15-9-8-14(33(29,30)13-7-5-6-12(21)10-13)11-16(15)23-18(24-19(27)31-2)25-20(28)32-3/h5-11H,4H2,1-3H3,(H,22,26)(H2,23,24,25,27,28). The van der Waals surface area contributed by atoms with Gasteiger partial charge in [0.15, 0.2) is 0 Å². The molecule has 176 valence electrons. The maximum atomic E-state index is 13.1. The predicted octanol–water partition coefficient (Wildman–Crippen LogP) is 3.41. The highest BCUT2D eigenvalue weighted by Crippen LogP contribution is 2.30. The van der Waals surface area contributed by atoms with Gasteiger partial charge in [0.25, 0.3) is 0 Å². The Morgan fingerprint density at radius 2 is 1.67 bits per heavy atom. The third-order valence-corrected chi connectivity index (χ3v) is 6.02. The topological polar surface area (TPSA) is 152 Å². The fourth-order valence-electron chi connectivity index (χ4n) is 2.41. The van der Waals surface area contributed by atoms with E-state index in [1.165, 1.54) is 42.5 Å². The zero-order valence-corrected chi connectivity index (χ0v) is 19.4. The summed E-state index contributed by atoms with van der Waals surface area (Å²) in [6, 6.07) is 9.53. The fourth-order valence-corrected chi connectivity index (χ4v) is 4.00. The van der Waals surface area contributed by atoms with Crippen LogP contribution >= 0.6 is 11.6 Å². The van der Waals surface area contributed by atoms with Gasteiger partial charge in [0.2, 0.25) is 21.7 Å². The SMILES string of the molecule is CCC(=O)Nc1ccc(S(=O)(=O)c2cccc(Cl)c2)cc1NC(=NC(=O)OC)NC(=O)OC. The molecule has 0 saturated carbocycles. The Morgan fingerprint density at radius 3 is 2.27 bits per heavy atom. The first-order chi connectivity index (χ1) is 15.6. The van der Waals surface area contributed by atoms with E-state index >= 15 is 0 Å². The zero-order chi connectivity index (χ0) is 24.6. The van der Waals surface area contributed by atoms with Gasteiger partial charge in [0.05, 0.1) is 35.4 Å². The molecule has 0 aromatic heterocycles. The van der Waals surface area contributed by atoms with Crippen LogP contribution in [0, 0.1) is 0 Å². The minimum atomic E-state index is -4.01. The van der Waals surface area contributed by atoms with Crippen LogP contribution in [0.15, 0.2) is 57.2 Å². The second-order valence-electron chi connectivity index (χ2n) is 6.24. The van der Waals surface area contributed by atoms with Gasteiger partial charge in [-0.3, -0.25) is 10.1 Å². The van der Waals surface area contributed by atoms with Crippen molar-refractivity contribution in [1.29, 1.82) is 0 Å². The molecule has 2 aromatic carbocycles. The van der Waals surface area contributed by atoms with Crippen LogP contribution in [-0.4, -0.2) is 46.7 Å². The molecule has 0 heterocycles. The number of hydrogen-bond acceptors (Lipinski definition) is 7. The molecule has 0 saturated heterocycles. The van der Waals surface area contributed by atoms with Gasteiger partial charge in [-0.15, -0.1) is 4.99 Å². The number of anilines is 2. The van der Waals surface area contributed by atoms with Crippen LogP contribution in [0.1, 0.15) is 13.3 Å². The molecule has 3 N–H and O–H groups in total. The molecule has 0 aliphatic heterocycles. The van der Waals surface area contributed by atoms with Crippen LogP contribution < -0.4 is 16.0 Å². The van der Waals surface area contributed by atoms with E-state index in [1.807, 2.05) is 0 Å². The van der Waals surface area contributed by atoms with E-state index in [4.69, 9.17) is 11.6 Å². The van der Waals surface area contributed by atoms with Gasteiger partial charge in [-0.05, 0) is 36.4 Å². The van der Waals surface area contributed by atoms with Gasteiger partial charge in [0, 0.05) is 11.4 Å². The molecule has 0 atom stereocenters. The summed E-state index contributed by atoms with van der Waals surface area (Å²) < 4.78 is 35.1. The lowest BCUT2D eigenvalue weighted by Gasteiger charge is -2.16. The lowest BCUT2D eigenvalue weighted by molar-refractivity contribution is -0.115. The molecule has 0 aliphatic carbocycles. The monoisotopic (exact) mass is 496 g/mol. The molecule has 2 aromatic rings. The number of carbonyl (C=O) groups excluding carboxylic acids is 3. The number of benzene rings is 2. The Morgan fingerprint density at radius 1 is 0.970 bits per heavy atom. The Hall–Kier alpha value is -3.64.